The Morgan fingerprint density at radius 3 is 2.00 bits per heavy atom. The minimum Gasteiger partial charge on any atom is -0.316 e. The molecule has 0 aromatic rings. The Hall–Kier alpha value is -0.900. The molecule has 0 saturated carbocycles. The van der Waals surface area contributed by atoms with Crippen molar-refractivity contribution < 1.29 is 22.0 Å². The van der Waals surface area contributed by atoms with Gasteiger partial charge >= 0.3 is 12.1 Å². The lowest BCUT2D eigenvalue weighted by Crippen LogP contribution is -2.37. The molecule has 0 aromatic carbocycles. The van der Waals surface area contributed by atoms with Gasteiger partial charge in [-0.05, 0) is 6.42 Å². The quantitative estimate of drug-likeness (QED) is 0.709. The van der Waals surface area contributed by atoms with Crippen LogP contribution in [0.5, 0.6) is 0 Å². The lowest BCUT2D eigenvalue weighted by atomic mass is 10.1. The molecule has 0 aliphatic heterocycles. The second kappa shape index (κ2) is 3.87. The van der Waals surface area contributed by atoms with E-state index in [0.717, 1.165) is 0 Å². The summed E-state index contributed by atoms with van der Waals surface area (Å²) in [6, 6.07) is 0.0820. The maximum absolute atomic E-state index is 12.1. The van der Waals surface area contributed by atoms with Crippen molar-refractivity contribution in [3.05, 3.63) is 0 Å². The maximum Gasteiger partial charge on any atom is 0.453 e. The molecule has 0 saturated heterocycles. The Labute approximate surface area is 71.1 Å². The van der Waals surface area contributed by atoms with Gasteiger partial charge in [-0.15, -0.1) is 0 Å². The number of alkyl halides is 5. The van der Waals surface area contributed by atoms with Gasteiger partial charge in [-0.3, -0.25) is 0 Å². The molecule has 0 amide bonds. The predicted octanol–water partition coefficient (Wildman–Crippen LogP) is 1.82. The summed E-state index contributed by atoms with van der Waals surface area (Å²) >= 11 is 0. The van der Waals surface area contributed by atoms with Crippen LogP contribution in [0.25, 0.3) is 0 Å². The number of halogens is 5. The van der Waals surface area contributed by atoms with E-state index in [9.17, 15) is 22.0 Å². The summed E-state index contributed by atoms with van der Waals surface area (Å²) in [5.74, 6) is -4.76. The van der Waals surface area contributed by atoms with Gasteiger partial charge in [0.05, 0.1) is 12.1 Å². The van der Waals surface area contributed by atoms with Crippen molar-refractivity contribution in [3.8, 4) is 6.07 Å². The zero-order valence-electron chi connectivity index (χ0n) is 6.41. The van der Waals surface area contributed by atoms with Crippen LogP contribution in [0.1, 0.15) is 12.8 Å². The van der Waals surface area contributed by atoms with Crippen molar-refractivity contribution in [2.75, 3.05) is 0 Å². The molecule has 0 radical (unpaired) electrons. The van der Waals surface area contributed by atoms with Crippen LogP contribution < -0.4 is 5.73 Å². The van der Waals surface area contributed by atoms with E-state index in [1.54, 1.807) is 0 Å². The third-order valence-electron chi connectivity index (χ3n) is 1.35. The largest absolute Gasteiger partial charge is 0.453 e. The molecule has 13 heavy (non-hydrogen) atoms. The topological polar surface area (TPSA) is 49.8 Å². The monoisotopic (exact) mass is 202 g/mol. The summed E-state index contributed by atoms with van der Waals surface area (Å²) in [7, 11) is 0. The molecule has 1 atom stereocenters. The van der Waals surface area contributed by atoms with Gasteiger partial charge in [0, 0.05) is 6.42 Å². The second-order valence-electron chi connectivity index (χ2n) is 2.48. The fourth-order valence-electron chi connectivity index (χ4n) is 0.543. The molecule has 0 fully saturated rings. The van der Waals surface area contributed by atoms with Crippen molar-refractivity contribution >= 4 is 0 Å². The van der Waals surface area contributed by atoms with Crippen molar-refractivity contribution in [2.45, 2.75) is 31.0 Å². The van der Waals surface area contributed by atoms with Crippen LogP contribution in [0.15, 0.2) is 0 Å². The van der Waals surface area contributed by atoms with Crippen molar-refractivity contribution in [3.63, 3.8) is 0 Å². The lowest BCUT2D eigenvalue weighted by Gasteiger charge is -2.19. The average Bonchev–Trinajstić information content (AvgIpc) is 1.98. The van der Waals surface area contributed by atoms with Gasteiger partial charge in [0.25, 0.3) is 0 Å². The minimum atomic E-state index is -5.57. The van der Waals surface area contributed by atoms with Crippen LogP contribution in [0.4, 0.5) is 22.0 Å². The molecule has 0 bridgehead atoms. The maximum atomic E-state index is 12.1. The fourth-order valence-corrected chi connectivity index (χ4v) is 0.543. The van der Waals surface area contributed by atoms with Gasteiger partial charge in [0.2, 0.25) is 0 Å². The Kier molecular flexibility index (Phi) is 3.60. The summed E-state index contributed by atoms with van der Waals surface area (Å²) in [5.41, 5.74) is 4.86. The van der Waals surface area contributed by atoms with Gasteiger partial charge in [-0.25, -0.2) is 0 Å². The summed E-state index contributed by atoms with van der Waals surface area (Å²) < 4.78 is 58.8. The first kappa shape index (κ1) is 12.1. The number of nitrogens with two attached hydrogens (primary N) is 1. The zero-order valence-corrected chi connectivity index (χ0v) is 6.41. The summed E-state index contributed by atoms with van der Waals surface area (Å²) in [6.07, 6.45) is -7.70. The first-order chi connectivity index (χ1) is 5.70. The third-order valence-corrected chi connectivity index (χ3v) is 1.35. The molecule has 76 valence electrons. The van der Waals surface area contributed by atoms with E-state index in [-0.39, 0.29) is 0 Å². The van der Waals surface area contributed by atoms with Crippen molar-refractivity contribution in [1.82, 2.24) is 0 Å². The van der Waals surface area contributed by atoms with Gasteiger partial charge in [-0.1, -0.05) is 0 Å². The van der Waals surface area contributed by atoms with E-state index < -0.39 is 31.0 Å². The third kappa shape index (κ3) is 3.55. The summed E-state index contributed by atoms with van der Waals surface area (Å²) in [5, 5.41) is 8.03. The zero-order chi connectivity index (χ0) is 10.7. The molecular formula is C6H7F5N2. The molecule has 1 unspecified atom stereocenters. The smallest absolute Gasteiger partial charge is 0.316 e. The Morgan fingerprint density at radius 1 is 1.23 bits per heavy atom. The van der Waals surface area contributed by atoms with E-state index in [2.05, 4.69) is 0 Å². The molecule has 2 nitrogen and oxygen atoms in total. The van der Waals surface area contributed by atoms with Gasteiger partial charge < -0.3 is 5.73 Å². The van der Waals surface area contributed by atoms with Crippen LogP contribution in [0.2, 0.25) is 0 Å². The van der Waals surface area contributed by atoms with E-state index in [0.29, 0.717) is 0 Å². The Balaban J connectivity index is 4.14. The highest BCUT2D eigenvalue weighted by Gasteiger charge is 2.56. The van der Waals surface area contributed by atoms with Crippen LogP contribution in [-0.2, 0) is 0 Å². The Bertz CT molecular complexity index is 204. The SMILES string of the molecule is N#CC(N)CCC(F)(F)C(F)(F)F. The first-order valence-corrected chi connectivity index (χ1v) is 3.30. The molecule has 0 aliphatic rings. The lowest BCUT2D eigenvalue weighted by molar-refractivity contribution is -0.284. The first-order valence-electron chi connectivity index (χ1n) is 3.30. The summed E-state index contributed by atoms with van der Waals surface area (Å²) in [4.78, 5) is 0. The number of hydrogen-bond acceptors (Lipinski definition) is 2. The highest BCUT2D eigenvalue weighted by molar-refractivity contribution is 4.88. The molecule has 0 aromatic heterocycles. The minimum absolute atomic E-state index is 0.678. The molecule has 0 aliphatic carbocycles. The number of nitrogens with zero attached hydrogens (tertiary/aromatic N) is 1. The van der Waals surface area contributed by atoms with Crippen LogP contribution in [0.3, 0.4) is 0 Å². The molecule has 0 rings (SSSR count). The average molecular weight is 202 g/mol. The van der Waals surface area contributed by atoms with Crippen molar-refractivity contribution in [1.29, 1.82) is 5.26 Å². The van der Waals surface area contributed by atoms with E-state index in [1.165, 1.54) is 6.07 Å². The molecule has 0 spiro atoms. The molecule has 2 N–H and O–H groups in total. The van der Waals surface area contributed by atoms with Gasteiger partial charge in [-0.2, -0.15) is 27.2 Å². The summed E-state index contributed by atoms with van der Waals surface area (Å²) in [6.45, 7) is 0. The molecule has 7 heteroatoms. The van der Waals surface area contributed by atoms with E-state index in [4.69, 9.17) is 11.0 Å². The normalized spacial score (nSPS) is 15.2. The number of hydrogen-bond donors (Lipinski definition) is 1. The van der Waals surface area contributed by atoms with Crippen LogP contribution >= 0.6 is 0 Å². The van der Waals surface area contributed by atoms with Crippen LogP contribution in [0, 0.1) is 11.3 Å². The van der Waals surface area contributed by atoms with Crippen molar-refractivity contribution in [2.24, 2.45) is 5.73 Å². The van der Waals surface area contributed by atoms with Gasteiger partial charge in [0.1, 0.15) is 0 Å². The van der Waals surface area contributed by atoms with E-state index in [1.807, 2.05) is 0 Å². The highest BCUT2D eigenvalue weighted by atomic mass is 19.4. The Morgan fingerprint density at radius 2 is 1.69 bits per heavy atom. The molecular weight excluding hydrogens is 195 g/mol. The highest BCUT2D eigenvalue weighted by Crippen LogP contribution is 2.38. The fraction of sp³-hybridized carbons (Fsp3) is 0.833. The van der Waals surface area contributed by atoms with Crippen LogP contribution in [-0.4, -0.2) is 18.1 Å². The van der Waals surface area contributed by atoms with E-state index >= 15 is 0 Å². The second-order valence-corrected chi connectivity index (χ2v) is 2.48. The standard InChI is InChI=1S/C6H7F5N2/c7-5(8,6(9,10)11)2-1-4(13)3-12/h4H,1-2,13H2. The van der Waals surface area contributed by atoms with Gasteiger partial charge in [0.15, 0.2) is 0 Å². The predicted molar refractivity (Wildman–Crippen MR) is 33.8 cm³/mol. The number of rotatable bonds is 3. The number of nitriles is 1. The molecule has 0 heterocycles.